The first kappa shape index (κ1) is 13.9. The predicted molar refractivity (Wildman–Crippen MR) is 72.9 cm³/mol. The quantitative estimate of drug-likeness (QED) is 0.903. The van der Waals surface area contributed by atoms with Gasteiger partial charge in [0.05, 0.1) is 19.3 Å². The number of carbonyl (C=O) groups excluding carboxylic acids is 1. The summed E-state index contributed by atoms with van der Waals surface area (Å²) in [5.41, 5.74) is 1.08. The summed E-state index contributed by atoms with van der Waals surface area (Å²) in [7, 11) is 1.63. The Morgan fingerprint density at radius 1 is 1.32 bits per heavy atom. The standard InChI is InChI=1S/C15H21NO3/c1-10(12-4-6-14(19-3)7-5-12)16-9-13(11(2)17)8-15(16)18/h4-7,10-11,13,17H,8-9H2,1-3H3/t10-,11+,13+/m0/s1. The summed E-state index contributed by atoms with van der Waals surface area (Å²) in [6, 6.07) is 7.79. The summed E-state index contributed by atoms with van der Waals surface area (Å²) < 4.78 is 5.13. The molecule has 0 radical (unpaired) electrons. The van der Waals surface area contributed by atoms with Gasteiger partial charge in [-0.25, -0.2) is 0 Å². The molecule has 0 unspecified atom stereocenters. The highest BCUT2D eigenvalue weighted by molar-refractivity contribution is 5.79. The van der Waals surface area contributed by atoms with Crippen molar-refractivity contribution < 1.29 is 14.6 Å². The molecule has 0 bridgehead atoms. The predicted octanol–water partition coefficient (Wildman–Crippen LogP) is 1.99. The second-order valence-electron chi connectivity index (χ2n) is 5.20. The molecule has 19 heavy (non-hydrogen) atoms. The molecule has 2 rings (SSSR count). The van der Waals surface area contributed by atoms with Crippen LogP contribution < -0.4 is 4.74 Å². The maximum absolute atomic E-state index is 12.0. The number of aliphatic hydroxyl groups is 1. The van der Waals surface area contributed by atoms with E-state index in [1.807, 2.05) is 36.1 Å². The molecule has 1 aliphatic heterocycles. The lowest BCUT2D eigenvalue weighted by Gasteiger charge is -2.25. The highest BCUT2D eigenvalue weighted by Gasteiger charge is 2.35. The zero-order valence-corrected chi connectivity index (χ0v) is 11.7. The van der Waals surface area contributed by atoms with E-state index in [0.717, 1.165) is 11.3 Å². The maximum atomic E-state index is 12.0. The summed E-state index contributed by atoms with van der Waals surface area (Å²) in [4.78, 5) is 13.9. The first-order valence-corrected chi connectivity index (χ1v) is 6.64. The van der Waals surface area contributed by atoms with Gasteiger partial charge in [0, 0.05) is 18.9 Å². The van der Waals surface area contributed by atoms with Crippen LogP contribution in [0.5, 0.6) is 5.75 Å². The molecular formula is C15H21NO3. The molecular weight excluding hydrogens is 242 g/mol. The molecule has 1 aromatic rings. The summed E-state index contributed by atoms with van der Waals surface area (Å²) in [5.74, 6) is 0.980. The third kappa shape index (κ3) is 2.89. The molecule has 1 aromatic carbocycles. The van der Waals surface area contributed by atoms with Crippen molar-refractivity contribution in [2.45, 2.75) is 32.4 Å². The molecule has 1 heterocycles. The molecule has 0 aliphatic carbocycles. The van der Waals surface area contributed by atoms with Gasteiger partial charge in [-0.1, -0.05) is 12.1 Å². The number of rotatable bonds is 4. The SMILES string of the molecule is COc1ccc([C@H](C)N2C[C@H]([C@@H](C)O)CC2=O)cc1. The van der Waals surface area contributed by atoms with E-state index in [0.29, 0.717) is 13.0 Å². The van der Waals surface area contributed by atoms with Gasteiger partial charge in [0.15, 0.2) is 0 Å². The van der Waals surface area contributed by atoms with Gasteiger partial charge in [0.25, 0.3) is 0 Å². The van der Waals surface area contributed by atoms with E-state index in [1.54, 1.807) is 14.0 Å². The summed E-state index contributed by atoms with van der Waals surface area (Å²) in [5, 5.41) is 9.61. The fourth-order valence-corrected chi connectivity index (χ4v) is 2.52. The molecule has 3 atom stereocenters. The van der Waals surface area contributed by atoms with Gasteiger partial charge in [0.2, 0.25) is 5.91 Å². The molecule has 0 aromatic heterocycles. The number of methoxy groups -OCH3 is 1. The lowest BCUT2D eigenvalue weighted by atomic mass is 10.0. The zero-order chi connectivity index (χ0) is 14.0. The third-order valence-corrected chi connectivity index (χ3v) is 3.94. The van der Waals surface area contributed by atoms with Crippen LogP contribution in [0, 0.1) is 5.92 Å². The van der Waals surface area contributed by atoms with E-state index in [2.05, 4.69) is 0 Å². The third-order valence-electron chi connectivity index (χ3n) is 3.94. The number of carbonyl (C=O) groups is 1. The van der Waals surface area contributed by atoms with Crippen LogP contribution >= 0.6 is 0 Å². The molecule has 0 saturated carbocycles. The summed E-state index contributed by atoms with van der Waals surface area (Å²) in [6.45, 7) is 4.40. The lowest BCUT2D eigenvalue weighted by molar-refractivity contribution is -0.129. The van der Waals surface area contributed by atoms with Crippen molar-refractivity contribution in [3.8, 4) is 5.75 Å². The van der Waals surface area contributed by atoms with Gasteiger partial charge in [-0.05, 0) is 31.5 Å². The Balaban J connectivity index is 2.10. The van der Waals surface area contributed by atoms with E-state index >= 15 is 0 Å². The number of amides is 1. The Morgan fingerprint density at radius 2 is 1.95 bits per heavy atom. The Hall–Kier alpha value is -1.55. The van der Waals surface area contributed by atoms with Gasteiger partial charge in [0.1, 0.15) is 5.75 Å². The van der Waals surface area contributed by atoms with Gasteiger partial charge < -0.3 is 14.7 Å². The first-order valence-electron chi connectivity index (χ1n) is 6.64. The summed E-state index contributed by atoms with van der Waals surface area (Å²) in [6.07, 6.45) is 0.00930. The van der Waals surface area contributed by atoms with Crippen molar-refractivity contribution >= 4 is 5.91 Å². The van der Waals surface area contributed by atoms with E-state index in [-0.39, 0.29) is 17.9 Å². The fourth-order valence-electron chi connectivity index (χ4n) is 2.52. The van der Waals surface area contributed by atoms with Crippen LogP contribution in [0.3, 0.4) is 0 Å². The van der Waals surface area contributed by atoms with Crippen LogP contribution in [0.25, 0.3) is 0 Å². The van der Waals surface area contributed by atoms with Crippen molar-refractivity contribution in [2.75, 3.05) is 13.7 Å². The molecule has 0 spiro atoms. The average molecular weight is 263 g/mol. The number of nitrogens with zero attached hydrogens (tertiary/aromatic N) is 1. The van der Waals surface area contributed by atoms with E-state index in [4.69, 9.17) is 4.74 Å². The minimum atomic E-state index is -0.433. The largest absolute Gasteiger partial charge is 0.497 e. The van der Waals surface area contributed by atoms with Gasteiger partial charge in [-0.2, -0.15) is 0 Å². The van der Waals surface area contributed by atoms with E-state index in [1.165, 1.54) is 0 Å². The Labute approximate surface area is 114 Å². The molecule has 1 fully saturated rings. The molecule has 1 saturated heterocycles. The van der Waals surface area contributed by atoms with Crippen molar-refractivity contribution in [1.82, 2.24) is 4.90 Å². The second-order valence-corrected chi connectivity index (χ2v) is 5.20. The van der Waals surface area contributed by atoms with Crippen LogP contribution in [0.2, 0.25) is 0 Å². The minimum Gasteiger partial charge on any atom is -0.497 e. The number of hydrogen-bond acceptors (Lipinski definition) is 3. The molecule has 1 amide bonds. The van der Waals surface area contributed by atoms with Crippen molar-refractivity contribution in [2.24, 2.45) is 5.92 Å². The zero-order valence-electron chi connectivity index (χ0n) is 11.7. The summed E-state index contributed by atoms with van der Waals surface area (Å²) >= 11 is 0. The number of likely N-dealkylation sites (tertiary alicyclic amines) is 1. The van der Waals surface area contributed by atoms with Crippen LogP contribution in [0.15, 0.2) is 24.3 Å². The number of ether oxygens (including phenoxy) is 1. The highest BCUT2D eigenvalue weighted by atomic mass is 16.5. The molecule has 4 heteroatoms. The maximum Gasteiger partial charge on any atom is 0.223 e. The normalized spacial score (nSPS) is 22.4. The minimum absolute atomic E-state index is 0.0298. The lowest BCUT2D eigenvalue weighted by Crippen LogP contribution is -2.29. The van der Waals surface area contributed by atoms with Gasteiger partial charge >= 0.3 is 0 Å². The van der Waals surface area contributed by atoms with Crippen molar-refractivity contribution in [3.05, 3.63) is 29.8 Å². The van der Waals surface area contributed by atoms with Crippen molar-refractivity contribution in [3.63, 3.8) is 0 Å². The van der Waals surface area contributed by atoms with Crippen LogP contribution in [-0.4, -0.2) is 35.7 Å². The number of benzene rings is 1. The smallest absolute Gasteiger partial charge is 0.223 e. The molecule has 4 nitrogen and oxygen atoms in total. The van der Waals surface area contributed by atoms with E-state index in [9.17, 15) is 9.90 Å². The molecule has 1 N–H and O–H groups in total. The van der Waals surface area contributed by atoms with Crippen LogP contribution in [-0.2, 0) is 4.79 Å². The topological polar surface area (TPSA) is 49.8 Å². The first-order chi connectivity index (χ1) is 9.02. The molecule has 1 aliphatic rings. The number of aliphatic hydroxyl groups excluding tert-OH is 1. The van der Waals surface area contributed by atoms with E-state index < -0.39 is 6.10 Å². The van der Waals surface area contributed by atoms with Crippen LogP contribution in [0.4, 0.5) is 0 Å². The molecule has 104 valence electrons. The monoisotopic (exact) mass is 263 g/mol. The Kier molecular flexibility index (Phi) is 4.10. The van der Waals surface area contributed by atoms with Gasteiger partial charge in [-0.3, -0.25) is 4.79 Å². The number of hydrogen-bond donors (Lipinski definition) is 1. The van der Waals surface area contributed by atoms with Crippen LogP contribution in [0.1, 0.15) is 31.9 Å². The van der Waals surface area contributed by atoms with Gasteiger partial charge in [-0.15, -0.1) is 0 Å². The van der Waals surface area contributed by atoms with Crippen molar-refractivity contribution in [1.29, 1.82) is 0 Å². The average Bonchev–Trinajstić information content (AvgIpc) is 2.80. The Morgan fingerprint density at radius 3 is 2.42 bits per heavy atom. The Bertz CT molecular complexity index is 441. The highest BCUT2D eigenvalue weighted by Crippen LogP contribution is 2.30. The second kappa shape index (κ2) is 5.61. The fraction of sp³-hybridized carbons (Fsp3) is 0.533.